The molecule has 0 amide bonds. The second kappa shape index (κ2) is 13.6. The fourth-order valence-electron chi connectivity index (χ4n) is 7.29. The van der Waals surface area contributed by atoms with Crippen LogP contribution in [0.2, 0.25) is 0 Å². The molecule has 0 spiro atoms. The third-order valence-corrected chi connectivity index (χ3v) is 16.0. The van der Waals surface area contributed by atoms with Crippen molar-refractivity contribution in [2.24, 2.45) is 11.8 Å². The van der Waals surface area contributed by atoms with Crippen LogP contribution in [-0.4, -0.2) is 0 Å². The largest absolute Gasteiger partial charge is 0.309 e. The average Bonchev–Trinajstić information content (AvgIpc) is 3.91. The van der Waals surface area contributed by atoms with Crippen molar-refractivity contribution in [1.82, 2.24) is 0 Å². The van der Waals surface area contributed by atoms with Crippen molar-refractivity contribution in [1.29, 1.82) is 0 Å². The smallest absolute Gasteiger partial charge is 0.171 e. The van der Waals surface area contributed by atoms with Crippen molar-refractivity contribution in [3.05, 3.63) is 217 Å². The van der Waals surface area contributed by atoms with E-state index in [4.69, 9.17) is 0 Å². The summed E-state index contributed by atoms with van der Waals surface area (Å²) in [7, 11) is -6.52. The van der Waals surface area contributed by atoms with E-state index in [0.717, 1.165) is 54.1 Å². The highest BCUT2D eigenvalue weighted by atomic mass is 31.2. The minimum Gasteiger partial charge on any atom is -0.309 e. The molecule has 2 aliphatic carbocycles. The monoisotopic (exact) mass is 682 g/mol. The Bertz CT molecular complexity index is 2200. The van der Waals surface area contributed by atoms with E-state index in [0.29, 0.717) is 0 Å². The molecule has 4 atom stereocenters. The lowest BCUT2D eigenvalue weighted by Crippen LogP contribution is -2.19. The normalized spacial score (nSPS) is 19.0. The van der Waals surface area contributed by atoms with Gasteiger partial charge in [0.05, 0.1) is 0 Å². The van der Waals surface area contributed by atoms with E-state index < -0.39 is 14.3 Å². The van der Waals surface area contributed by atoms with Crippen molar-refractivity contribution >= 4 is 35.5 Å². The van der Waals surface area contributed by atoms with Crippen molar-refractivity contribution in [3.63, 3.8) is 0 Å². The Morgan fingerprint density at radius 3 is 1.06 bits per heavy atom. The van der Waals surface area contributed by atoms with Gasteiger partial charge in [0.15, 0.2) is 14.3 Å². The minimum atomic E-state index is -3.26. The maximum Gasteiger partial charge on any atom is 0.171 e. The molecule has 2 aliphatic rings. The molecule has 0 N–H and O–H groups in total. The lowest BCUT2D eigenvalue weighted by molar-refractivity contribution is 0.590. The SMILES string of the molecule is O=P(C1=CC(C2C=CC(P(=O)(c3ccccc3)c3ccccc3-c3ccccc3)=C2)C=C1)(c1ccccc1)c1ccccc1-c1ccccc1. The zero-order valence-corrected chi connectivity index (χ0v) is 29.3. The second-order valence-electron chi connectivity index (χ2n) is 12.7. The molecule has 50 heavy (non-hydrogen) atoms. The summed E-state index contributed by atoms with van der Waals surface area (Å²) in [6.07, 6.45) is 12.8. The van der Waals surface area contributed by atoms with E-state index in [2.05, 4.69) is 72.9 Å². The zero-order chi connectivity index (χ0) is 34.0. The van der Waals surface area contributed by atoms with E-state index >= 15 is 9.13 Å². The van der Waals surface area contributed by atoms with Crippen molar-refractivity contribution in [2.75, 3.05) is 0 Å². The maximum atomic E-state index is 15.7. The summed E-state index contributed by atoms with van der Waals surface area (Å²) in [5.41, 5.74) is 4.03. The quantitative estimate of drug-likeness (QED) is 0.142. The summed E-state index contributed by atoms with van der Waals surface area (Å²) in [4.78, 5) is 0. The van der Waals surface area contributed by atoms with Gasteiger partial charge in [-0.15, -0.1) is 0 Å². The first kappa shape index (κ1) is 32.0. The molecule has 0 aliphatic heterocycles. The minimum absolute atomic E-state index is 0.0340. The Hall–Kier alpha value is -5.26. The van der Waals surface area contributed by atoms with Crippen LogP contribution >= 0.6 is 14.3 Å². The summed E-state index contributed by atoms with van der Waals surface area (Å²) in [6, 6.07) is 56.3. The number of hydrogen-bond acceptors (Lipinski definition) is 2. The number of benzene rings is 6. The van der Waals surface area contributed by atoms with Crippen LogP contribution in [0.4, 0.5) is 0 Å². The van der Waals surface area contributed by atoms with Gasteiger partial charge < -0.3 is 9.13 Å². The summed E-state index contributed by atoms with van der Waals surface area (Å²) >= 11 is 0. The average molecular weight is 683 g/mol. The summed E-state index contributed by atoms with van der Waals surface area (Å²) in [6.45, 7) is 0. The Morgan fingerprint density at radius 2 is 0.680 bits per heavy atom. The van der Waals surface area contributed by atoms with Crippen molar-refractivity contribution < 1.29 is 9.13 Å². The molecule has 6 aromatic carbocycles. The van der Waals surface area contributed by atoms with Crippen molar-refractivity contribution in [3.8, 4) is 22.3 Å². The molecule has 0 bridgehead atoms. The first-order chi connectivity index (χ1) is 24.6. The highest BCUT2D eigenvalue weighted by Gasteiger charge is 2.38. The summed E-state index contributed by atoms with van der Waals surface area (Å²) < 4.78 is 31.5. The van der Waals surface area contributed by atoms with Gasteiger partial charge in [-0.05, 0) is 22.3 Å². The molecular weight excluding hydrogens is 646 g/mol. The topological polar surface area (TPSA) is 34.1 Å². The fourth-order valence-corrected chi connectivity index (χ4v) is 13.2. The molecular formula is C46H36O2P2. The van der Waals surface area contributed by atoms with E-state index in [-0.39, 0.29) is 11.8 Å². The van der Waals surface area contributed by atoms with Gasteiger partial charge in [0.1, 0.15) is 0 Å². The van der Waals surface area contributed by atoms with Gasteiger partial charge in [-0.3, -0.25) is 0 Å². The number of rotatable bonds is 9. The molecule has 242 valence electrons. The third kappa shape index (κ3) is 5.66. The number of allylic oxidation sites excluding steroid dienone is 8. The van der Waals surface area contributed by atoms with E-state index in [1.165, 1.54) is 0 Å². The molecule has 0 heterocycles. The first-order valence-electron chi connectivity index (χ1n) is 17.0. The summed E-state index contributed by atoms with van der Waals surface area (Å²) in [5, 5.41) is 4.94. The zero-order valence-electron chi connectivity index (χ0n) is 27.5. The number of hydrogen-bond donors (Lipinski definition) is 0. The van der Waals surface area contributed by atoms with Crippen LogP contribution in [0.1, 0.15) is 0 Å². The van der Waals surface area contributed by atoms with Gasteiger partial charge in [-0.2, -0.15) is 0 Å². The molecule has 0 radical (unpaired) electrons. The van der Waals surface area contributed by atoms with Gasteiger partial charge in [-0.25, -0.2) is 0 Å². The lowest BCUT2D eigenvalue weighted by Gasteiger charge is -2.23. The molecule has 2 nitrogen and oxygen atoms in total. The molecule has 0 fully saturated rings. The third-order valence-electron chi connectivity index (χ3n) is 9.77. The van der Waals surface area contributed by atoms with Crippen LogP contribution in [0.3, 0.4) is 0 Å². The van der Waals surface area contributed by atoms with Gasteiger partial charge in [0.2, 0.25) is 0 Å². The van der Waals surface area contributed by atoms with Crippen LogP contribution in [0.15, 0.2) is 217 Å². The van der Waals surface area contributed by atoms with E-state index in [9.17, 15) is 0 Å². The predicted octanol–water partition coefficient (Wildman–Crippen LogP) is 10.5. The predicted molar refractivity (Wildman–Crippen MR) is 212 cm³/mol. The Kier molecular flexibility index (Phi) is 8.68. The standard InChI is InChI=1S/C46H36O2P2/c47-49(39-21-9-3-10-22-39,45-27-15-13-25-43(45)35-17-5-1-6-18-35)41-31-29-37(33-41)38-30-32-42(34-38)50(48,40-23-11-4-12-24-40)46-28-16-14-26-44(46)36-19-7-2-8-20-36/h1-34,37-38H. The van der Waals surface area contributed by atoms with Gasteiger partial charge in [-0.1, -0.05) is 206 Å². The van der Waals surface area contributed by atoms with Crippen LogP contribution in [0.5, 0.6) is 0 Å². The van der Waals surface area contributed by atoms with Gasteiger partial charge in [0, 0.05) is 43.7 Å². The second-order valence-corrected chi connectivity index (χ2v) is 18.2. The van der Waals surface area contributed by atoms with Gasteiger partial charge >= 0.3 is 0 Å². The van der Waals surface area contributed by atoms with E-state index in [1.54, 1.807) is 0 Å². The maximum absolute atomic E-state index is 15.7. The highest BCUT2D eigenvalue weighted by Crippen LogP contribution is 2.59. The molecule has 6 aromatic rings. The van der Waals surface area contributed by atoms with Crippen molar-refractivity contribution in [2.45, 2.75) is 0 Å². The van der Waals surface area contributed by atoms with E-state index in [1.807, 2.05) is 133 Å². The molecule has 4 unspecified atom stereocenters. The fraction of sp³-hybridized carbons (Fsp3) is 0.0435. The highest BCUT2D eigenvalue weighted by molar-refractivity contribution is 7.83. The molecule has 4 heteroatoms. The molecule has 0 aromatic heterocycles. The van der Waals surface area contributed by atoms with Crippen LogP contribution in [0.25, 0.3) is 22.3 Å². The Morgan fingerprint density at radius 1 is 0.360 bits per heavy atom. The molecule has 0 saturated carbocycles. The van der Waals surface area contributed by atoms with Gasteiger partial charge in [0.25, 0.3) is 0 Å². The van der Waals surface area contributed by atoms with Crippen LogP contribution in [-0.2, 0) is 9.13 Å². The van der Waals surface area contributed by atoms with Crippen LogP contribution in [0, 0.1) is 11.8 Å². The summed E-state index contributed by atoms with van der Waals surface area (Å²) in [5.74, 6) is -0.0680. The molecule has 8 rings (SSSR count). The van der Waals surface area contributed by atoms with Crippen LogP contribution < -0.4 is 21.2 Å². The first-order valence-corrected chi connectivity index (χ1v) is 20.4. The molecule has 0 saturated heterocycles. The Labute approximate surface area is 294 Å². The Balaban J connectivity index is 1.22. The lowest BCUT2D eigenvalue weighted by atomic mass is 9.96.